The molecule has 0 aromatic heterocycles. The van der Waals surface area contributed by atoms with Gasteiger partial charge in [-0.25, -0.2) is 8.42 Å². The van der Waals surface area contributed by atoms with E-state index >= 15 is 0 Å². The van der Waals surface area contributed by atoms with Gasteiger partial charge in [0.05, 0.1) is 22.7 Å². The highest BCUT2D eigenvalue weighted by atomic mass is 79.9. The number of hydrogen-bond acceptors (Lipinski definition) is 4. The van der Waals surface area contributed by atoms with E-state index in [4.69, 9.17) is 0 Å². The number of rotatable bonds is 5. The molecule has 2 aliphatic rings. The van der Waals surface area contributed by atoms with Crippen molar-refractivity contribution in [1.29, 1.82) is 0 Å². The van der Waals surface area contributed by atoms with Crippen LogP contribution in [0.5, 0.6) is 0 Å². The molecule has 9 heteroatoms. The summed E-state index contributed by atoms with van der Waals surface area (Å²) in [7, 11) is -4.13. The molecule has 1 fully saturated rings. The van der Waals surface area contributed by atoms with Gasteiger partial charge in [0.1, 0.15) is 6.04 Å². The van der Waals surface area contributed by atoms with Gasteiger partial charge in [0.2, 0.25) is 11.8 Å². The summed E-state index contributed by atoms with van der Waals surface area (Å²) < 4.78 is 29.5. The van der Waals surface area contributed by atoms with Crippen LogP contribution in [0.25, 0.3) is 0 Å². The fourth-order valence-electron chi connectivity index (χ4n) is 4.58. The van der Waals surface area contributed by atoms with Gasteiger partial charge in [-0.3, -0.25) is 13.9 Å². The fourth-order valence-corrected chi connectivity index (χ4v) is 6.98. The molecule has 2 aromatic rings. The largest absolute Gasteiger partial charge is 0.353 e. The first-order valence-corrected chi connectivity index (χ1v) is 13.5. The van der Waals surface area contributed by atoms with Gasteiger partial charge in [0.15, 0.2) is 0 Å². The summed E-state index contributed by atoms with van der Waals surface area (Å²) >= 11 is 3.35. The van der Waals surface area contributed by atoms with Crippen molar-refractivity contribution >= 4 is 49.1 Å². The number of aryl methyl sites for hydroxylation is 1. The van der Waals surface area contributed by atoms with E-state index in [0.29, 0.717) is 21.4 Å². The van der Waals surface area contributed by atoms with Crippen molar-refractivity contribution in [2.45, 2.75) is 68.8 Å². The molecule has 176 valence electrons. The van der Waals surface area contributed by atoms with Crippen LogP contribution < -0.4 is 14.9 Å². The number of hydrogen-bond donors (Lipinski definition) is 2. The lowest BCUT2D eigenvalue weighted by molar-refractivity contribution is -0.125. The van der Waals surface area contributed by atoms with E-state index in [2.05, 4.69) is 26.6 Å². The predicted molar refractivity (Wildman–Crippen MR) is 132 cm³/mol. The number of sulfonamides is 1. The smallest absolute Gasteiger partial charge is 0.265 e. The molecule has 1 aliphatic carbocycles. The van der Waals surface area contributed by atoms with Gasteiger partial charge >= 0.3 is 0 Å². The Balaban J connectivity index is 1.69. The van der Waals surface area contributed by atoms with E-state index in [9.17, 15) is 18.0 Å². The van der Waals surface area contributed by atoms with Crippen molar-refractivity contribution in [1.82, 2.24) is 5.32 Å². The Hall–Kier alpha value is -2.39. The van der Waals surface area contributed by atoms with Crippen molar-refractivity contribution in [2.24, 2.45) is 0 Å². The number of halogens is 1. The first-order valence-electron chi connectivity index (χ1n) is 11.3. The van der Waals surface area contributed by atoms with E-state index in [-0.39, 0.29) is 23.3 Å². The molecule has 1 saturated carbocycles. The van der Waals surface area contributed by atoms with Crippen LogP contribution in [0.3, 0.4) is 0 Å². The molecule has 2 N–H and O–H groups in total. The molecule has 1 atom stereocenters. The standard InChI is InChI=1S/C24H28BrN3O4S/c1-16-12-13-17(25)14-22(16)33(31,32)28-20-11-7-6-10-19(20)27-24(30)21(28)15-23(29)26-18-8-4-2-3-5-9-18/h6-7,10-14,18,21H,2-5,8-9,15H2,1H3,(H,26,29)(H,27,30). The monoisotopic (exact) mass is 533 g/mol. The summed E-state index contributed by atoms with van der Waals surface area (Å²) in [5.41, 5.74) is 1.31. The molecule has 33 heavy (non-hydrogen) atoms. The second-order valence-electron chi connectivity index (χ2n) is 8.69. The van der Waals surface area contributed by atoms with Crippen molar-refractivity contribution in [3.63, 3.8) is 0 Å². The molecule has 0 saturated heterocycles. The number of carbonyl (C=O) groups excluding carboxylic acids is 2. The average Bonchev–Trinajstić information content (AvgIpc) is 3.04. The van der Waals surface area contributed by atoms with Crippen molar-refractivity contribution in [2.75, 3.05) is 9.62 Å². The number of nitrogens with zero attached hydrogens (tertiary/aromatic N) is 1. The zero-order valence-corrected chi connectivity index (χ0v) is 20.9. The molecule has 1 aliphatic heterocycles. The minimum absolute atomic E-state index is 0.0660. The second kappa shape index (κ2) is 9.85. The third kappa shape index (κ3) is 5.09. The van der Waals surface area contributed by atoms with E-state index in [1.54, 1.807) is 43.3 Å². The summed E-state index contributed by atoms with van der Waals surface area (Å²) in [6, 6.07) is 10.6. The molecule has 4 rings (SSSR count). The highest BCUT2D eigenvalue weighted by Crippen LogP contribution is 2.38. The van der Waals surface area contributed by atoms with Crippen LogP contribution in [-0.2, 0) is 19.6 Å². The lowest BCUT2D eigenvalue weighted by Crippen LogP contribution is -2.53. The molecule has 1 heterocycles. The Morgan fingerprint density at radius 2 is 1.82 bits per heavy atom. The number of benzene rings is 2. The zero-order chi connectivity index (χ0) is 23.6. The van der Waals surface area contributed by atoms with Crippen LogP contribution >= 0.6 is 15.9 Å². The number of fused-ring (bicyclic) bond motifs is 1. The van der Waals surface area contributed by atoms with Crippen molar-refractivity contribution in [3.8, 4) is 0 Å². The molecular weight excluding hydrogens is 506 g/mol. The zero-order valence-electron chi connectivity index (χ0n) is 18.5. The fraction of sp³-hybridized carbons (Fsp3) is 0.417. The van der Waals surface area contributed by atoms with E-state index < -0.39 is 22.0 Å². The molecule has 0 spiro atoms. The quantitative estimate of drug-likeness (QED) is 0.553. The number of para-hydroxylation sites is 2. The summed E-state index contributed by atoms with van der Waals surface area (Å²) in [5, 5.41) is 5.81. The maximum atomic E-state index is 13.9. The van der Waals surface area contributed by atoms with Gasteiger partial charge in [0, 0.05) is 10.5 Å². The highest BCUT2D eigenvalue weighted by Gasteiger charge is 2.42. The van der Waals surface area contributed by atoms with Gasteiger partial charge in [-0.15, -0.1) is 0 Å². The van der Waals surface area contributed by atoms with Crippen LogP contribution in [-0.4, -0.2) is 32.3 Å². The van der Waals surface area contributed by atoms with E-state index in [1.807, 2.05) is 0 Å². The van der Waals surface area contributed by atoms with Gasteiger partial charge in [-0.2, -0.15) is 0 Å². The highest BCUT2D eigenvalue weighted by molar-refractivity contribution is 9.10. The van der Waals surface area contributed by atoms with Crippen LogP contribution in [0, 0.1) is 6.92 Å². The summed E-state index contributed by atoms with van der Waals surface area (Å²) in [4.78, 5) is 26.1. The minimum Gasteiger partial charge on any atom is -0.353 e. The Labute approximate surface area is 203 Å². The lowest BCUT2D eigenvalue weighted by Gasteiger charge is -2.37. The van der Waals surface area contributed by atoms with Crippen LogP contribution in [0.2, 0.25) is 0 Å². The number of carbonyl (C=O) groups is 2. The van der Waals surface area contributed by atoms with Gasteiger partial charge < -0.3 is 10.6 Å². The molecular formula is C24H28BrN3O4S. The van der Waals surface area contributed by atoms with Crippen LogP contribution in [0.1, 0.15) is 50.5 Å². The Morgan fingerprint density at radius 1 is 1.12 bits per heavy atom. The summed E-state index contributed by atoms with van der Waals surface area (Å²) in [5.74, 6) is -0.825. The Kier molecular flexibility index (Phi) is 7.09. The van der Waals surface area contributed by atoms with Gasteiger partial charge in [-0.05, 0) is 49.6 Å². The van der Waals surface area contributed by atoms with Crippen LogP contribution in [0.15, 0.2) is 51.8 Å². The van der Waals surface area contributed by atoms with E-state index in [0.717, 1.165) is 42.8 Å². The summed E-state index contributed by atoms with van der Waals surface area (Å²) in [6.07, 6.45) is 6.01. The van der Waals surface area contributed by atoms with Gasteiger partial charge in [-0.1, -0.05) is 59.8 Å². The second-order valence-corrected chi connectivity index (χ2v) is 11.4. The Morgan fingerprint density at radius 3 is 2.55 bits per heavy atom. The van der Waals surface area contributed by atoms with E-state index in [1.165, 1.54) is 6.07 Å². The topological polar surface area (TPSA) is 95.6 Å². The molecule has 2 amide bonds. The SMILES string of the molecule is Cc1ccc(Br)cc1S(=O)(=O)N1c2ccccc2NC(=O)C1CC(=O)NC1CCCCCC1. The third-order valence-corrected chi connectivity index (χ3v) is 8.73. The lowest BCUT2D eigenvalue weighted by atomic mass is 10.1. The normalized spacial score (nSPS) is 19.4. The predicted octanol–water partition coefficient (Wildman–Crippen LogP) is 4.50. The Bertz CT molecular complexity index is 1160. The maximum absolute atomic E-state index is 13.9. The molecule has 1 unspecified atom stereocenters. The number of amides is 2. The number of nitrogens with one attached hydrogen (secondary N) is 2. The third-order valence-electron chi connectivity index (χ3n) is 6.27. The maximum Gasteiger partial charge on any atom is 0.265 e. The van der Waals surface area contributed by atoms with Crippen molar-refractivity contribution < 1.29 is 18.0 Å². The molecule has 0 radical (unpaired) electrons. The summed E-state index contributed by atoms with van der Waals surface area (Å²) in [6.45, 7) is 1.71. The first kappa shape index (κ1) is 23.8. The molecule has 2 aromatic carbocycles. The van der Waals surface area contributed by atoms with Gasteiger partial charge in [0.25, 0.3) is 10.0 Å². The first-order chi connectivity index (χ1) is 15.8. The molecule has 0 bridgehead atoms. The van der Waals surface area contributed by atoms with Crippen molar-refractivity contribution in [3.05, 3.63) is 52.5 Å². The minimum atomic E-state index is -4.13. The average molecular weight is 534 g/mol. The van der Waals surface area contributed by atoms with Crippen LogP contribution in [0.4, 0.5) is 11.4 Å². The molecule has 7 nitrogen and oxygen atoms in total. The number of anilines is 2.